The van der Waals surface area contributed by atoms with E-state index in [1.165, 1.54) is 12.1 Å². The zero-order chi connectivity index (χ0) is 13.9. The number of benzene rings is 1. The third kappa shape index (κ3) is 3.38. The number of nitrogens with one attached hydrogen (secondary N) is 1. The number of anilines is 1. The van der Waals surface area contributed by atoms with Crippen LogP contribution in [0.3, 0.4) is 0 Å². The van der Waals surface area contributed by atoms with Crippen molar-refractivity contribution in [3.8, 4) is 6.07 Å². The first-order chi connectivity index (χ1) is 9.00. The van der Waals surface area contributed by atoms with Gasteiger partial charge in [-0.2, -0.15) is 18.4 Å². The largest absolute Gasteiger partial charge is 0.418 e. The van der Waals surface area contributed by atoms with Gasteiger partial charge in [0.05, 0.1) is 23.8 Å². The van der Waals surface area contributed by atoms with Crippen molar-refractivity contribution in [2.45, 2.75) is 12.6 Å². The Balaban J connectivity index is 2.18. The van der Waals surface area contributed by atoms with Gasteiger partial charge in [-0.1, -0.05) is 0 Å². The molecular formula is C13H13F3N2O. The maximum Gasteiger partial charge on any atom is 0.418 e. The fourth-order valence-electron chi connectivity index (χ4n) is 2.01. The van der Waals surface area contributed by atoms with E-state index < -0.39 is 11.7 Å². The van der Waals surface area contributed by atoms with Gasteiger partial charge in [0, 0.05) is 24.8 Å². The minimum Gasteiger partial charge on any atom is -0.384 e. The Labute approximate surface area is 109 Å². The van der Waals surface area contributed by atoms with Gasteiger partial charge in [0.1, 0.15) is 0 Å². The molecule has 0 spiro atoms. The Morgan fingerprint density at radius 1 is 1.42 bits per heavy atom. The van der Waals surface area contributed by atoms with Crippen LogP contribution in [0.15, 0.2) is 18.2 Å². The van der Waals surface area contributed by atoms with Crippen molar-refractivity contribution in [1.29, 1.82) is 5.26 Å². The molecule has 0 bridgehead atoms. The molecule has 1 aromatic rings. The molecule has 1 aliphatic rings. The van der Waals surface area contributed by atoms with Gasteiger partial charge in [0.25, 0.3) is 0 Å². The van der Waals surface area contributed by atoms with Crippen LogP contribution in [0.1, 0.15) is 17.5 Å². The minimum absolute atomic E-state index is 0.0431. The maximum atomic E-state index is 12.8. The normalized spacial score (nSPS) is 19.2. The van der Waals surface area contributed by atoms with Crippen LogP contribution >= 0.6 is 0 Å². The Bertz CT molecular complexity index is 488. The second-order valence-corrected chi connectivity index (χ2v) is 4.48. The van der Waals surface area contributed by atoms with E-state index in [4.69, 9.17) is 10.00 Å². The first kappa shape index (κ1) is 13.7. The van der Waals surface area contributed by atoms with Crippen LogP contribution < -0.4 is 5.32 Å². The zero-order valence-corrected chi connectivity index (χ0v) is 10.1. The molecule has 0 amide bonds. The number of nitriles is 1. The summed E-state index contributed by atoms with van der Waals surface area (Å²) in [5.74, 6) is 0.215. The van der Waals surface area contributed by atoms with Gasteiger partial charge in [-0.05, 0) is 24.6 Å². The molecule has 1 aromatic carbocycles. The minimum atomic E-state index is -4.43. The van der Waals surface area contributed by atoms with Crippen LogP contribution in [0.5, 0.6) is 0 Å². The highest BCUT2D eigenvalue weighted by atomic mass is 19.4. The molecular weight excluding hydrogens is 257 g/mol. The average Bonchev–Trinajstić information content (AvgIpc) is 2.88. The van der Waals surface area contributed by atoms with E-state index in [9.17, 15) is 13.2 Å². The van der Waals surface area contributed by atoms with E-state index in [0.717, 1.165) is 12.5 Å². The Morgan fingerprint density at radius 2 is 2.21 bits per heavy atom. The summed E-state index contributed by atoms with van der Waals surface area (Å²) < 4.78 is 43.7. The molecule has 1 saturated heterocycles. The molecule has 1 aliphatic heterocycles. The molecule has 0 aromatic heterocycles. The topological polar surface area (TPSA) is 45.0 Å². The summed E-state index contributed by atoms with van der Waals surface area (Å²) >= 11 is 0. The molecule has 19 heavy (non-hydrogen) atoms. The number of hydrogen-bond acceptors (Lipinski definition) is 3. The van der Waals surface area contributed by atoms with Gasteiger partial charge in [0.2, 0.25) is 0 Å². The predicted molar refractivity (Wildman–Crippen MR) is 63.6 cm³/mol. The van der Waals surface area contributed by atoms with E-state index >= 15 is 0 Å². The van der Waals surface area contributed by atoms with Crippen molar-refractivity contribution < 1.29 is 17.9 Å². The SMILES string of the molecule is N#Cc1ccc(C(F)(F)F)c(NCC2CCOC2)c1. The molecule has 1 heterocycles. The zero-order valence-electron chi connectivity index (χ0n) is 10.1. The predicted octanol–water partition coefficient (Wildman–Crippen LogP) is 3.03. The summed E-state index contributed by atoms with van der Waals surface area (Å²) in [6, 6.07) is 5.19. The molecule has 3 nitrogen and oxygen atoms in total. The summed E-state index contributed by atoms with van der Waals surface area (Å²) in [5.41, 5.74) is -0.581. The highest BCUT2D eigenvalue weighted by Crippen LogP contribution is 2.35. The van der Waals surface area contributed by atoms with Crippen molar-refractivity contribution >= 4 is 5.69 Å². The molecule has 1 fully saturated rings. The second-order valence-electron chi connectivity index (χ2n) is 4.48. The third-order valence-corrected chi connectivity index (χ3v) is 3.06. The van der Waals surface area contributed by atoms with Crippen molar-refractivity contribution in [3.05, 3.63) is 29.3 Å². The second kappa shape index (κ2) is 5.49. The summed E-state index contributed by atoms with van der Waals surface area (Å²) in [5, 5.41) is 11.5. The summed E-state index contributed by atoms with van der Waals surface area (Å²) in [7, 11) is 0. The van der Waals surface area contributed by atoms with Crippen LogP contribution in [-0.2, 0) is 10.9 Å². The summed E-state index contributed by atoms with van der Waals surface area (Å²) in [6.07, 6.45) is -3.59. The van der Waals surface area contributed by atoms with Gasteiger partial charge in [-0.15, -0.1) is 0 Å². The Morgan fingerprint density at radius 3 is 2.79 bits per heavy atom. The van der Waals surface area contributed by atoms with Crippen molar-refractivity contribution in [3.63, 3.8) is 0 Å². The van der Waals surface area contributed by atoms with E-state index in [-0.39, 0.29) is 17.2 Å². The first-order valence-electron chi connectivity index (χ1n) is 5.93. The number of rotatable bonds is 3. The summed E-state index contributed by atoms with van der Waals surface area (Å²) in [4.78, 5) is 0. The highest BCUT2D eigenvalue weighted by Gasteiger charge is 2.33. The van der Waals surface area contributed by atoms with Crippen LogP contribution in [0.2, 0.25) is 0 Å². The van der Waals surface area contributed by atoms with E-state index in [0.29, 0.717) is 19.8 Å². The van der Waals surface area contributed by atoms with E-state index in [1.54, 1.807) is 0 Å². The van der Waals surface area contributed by atoms with Crippen molar-refractivity contribution in [2.24, 2.45) is 5.92 Å². The number of alkyl halides is 3. The average molecular weight is 270 g/mol. The first-order valence-corrected chi connectivity index (χ1v) is 5.93. The standard InChI is InChI=1S/C13H13F3N2O/c14-13(15,16)11-2-1-9(6-17)5-12(11)18-7-10-3-4-19-8-10/h1-2,5,10,18H,3-4,7-8H2. The van der Waals surface area contributed by atoms with Crippen LogP contribution in [0.4, 0.5) is 18.9 Å². The maximum absolute atomic E-state index is 12.8. The number of ether oxygens (including phenoxy) is 1. The van der Waals surface area contributed by atoms with Gasteiger partial charge in [-0.25, -0.2) is 0 Å². The number of nitrogens with zero attached hydrogens (tertiary/aromatic N) is 1. The molecule has 1 atom stereocenters. The number of hydrogen-bond donors (Lipinski definition) is 1. The molecule has 0 radical (unpaired) electrons. The fraction of sp³-hybridized carbons (Fsp3) is 0.462. The van der Waals surface area contributed by atoms with Crippen LogP contribution in [0.25, 0.3) is 0 Å². The van der Waals surface area contributed by atoms with Crippen LogP contribution in [0, 0.1) is 17.2 Å². The van der Waals surface area contributed by atoms with Crippen molar-refractivity contribution in [1.82, 2.24) is 0 Å². The molecule has 1 unspecified atom stereocenters. The van der Waals surface area contributed by atoms with Crippen molar-refractivity contribution in [2.75, 3.05) is 25.1 Å². The Hall–Kier alpha value is -1.74. The summed E-state index contributed by atoms with van der Waals surface area (Å²) in [6.45, 7) is 1.63. The monoisotopic (exact) mass is 270 g/mol. The number of halogens is 3. The lowest BCUT2D eigenvalue weighted by molar-refractivity contribution is -0.136. The van der Waals surface area contributed by atoms with Gasteiger partial charge in [-0.3, -0.25) is 0 Å². The lowest BCUT2D eigenvalue weighted by Crippen LogP contribution is -2.17. The van der Waals surface area contributed by atoms with Gasteiger partial charge in [0.15, 0.2) is 0 Å². The third-order valence-electron chi connectivity index (χ3n) is 3.06. The van der Waals surface area contributed by atoms with E-state index in [2.05, 4.69) is 5.32 Å². The molecule has 102 valence electrons. The molecule has 0 aliphatic carbocycles. The van der Waals surface area contributed by atoms with Gasteiger partial charge >= 0.3 is 6.18 Å². The highest BCUT2D eigenvalue weighted by molar-refractivity contribution is 5.57. The van der Waals surface area contributed by atoms with Crippen LogP contribution in [-0.4, -0.2) is 19.8 Å². The molecule has 2 rings (SSSR count). The smallest absolute Gasteiger partial charge is 0.384 e. The van der Waals surface area contributed by atoms with E-state index in [1.807, 2.05) is 6.07 Å². The quantitative estimate of drug-likeness (QED) is 0.918. The Kier molecular flexibility index (Phi) is 3.96. The lowest BCUT2D eigenvalue weighted by Gasteiger charge is -2.16. The molecule has 6 heteroatoms. The molecule has 0 saturated carbocycles. The lowest BCUT2D eigenvalue weighted by atomic mass is 10.1. The molecule has 1 N–H and O–H groups in total. The van der Waals surface area contributed by atoms with Gasteiger partial charge < -0.3 is 10.1 Å². The fourth-order valence-corrected chi connectivity index (χ4v) is 2.01.